The number of azo groups is 1. The van der Waals surface area contributed by atoms with Gasteiger partial charge in [0.2, 0.25) is 0 Å². The summed E-state index contributed by atoms with van der Waals surface area (Å²) in [4.78, 5) is 15.4. The molecule has 0 unspecified atom stereocenters. The van der Waals surface area contributed by atoms with Gasteiger partial charge in [0.05, 0.1) is 6.20 Å². The smallest absolute Gasteiger partial charge is 0.252 e. The van der Waals surface area contributed by atoms with Crippen LogP contribution in [0.15, 0.2) is 41.0 Å². The fourth-order valence-electron chi connectivity index (χ4n) is 3.40. The van der Waals surface area contributed by atoms with E-state index in [1.54, 1.807) is 18.5 Å². The SMILES string of the molecule is CNc1nc(N2CCCCC2)cc(C)c1N=Nc1c(C#N)cnn1-c1ncccn1. The minimum absolute atomic E-state index is 0.269. The lowest BCUT2D eigenvalue weighted by molar-refractivity contribution is 0.573. The zero-order chi connectivity index (χ0) is 20.9. The van der Waals surface area contributed by atoms with Crippen LogP contribution >= 0.6 is 0 Å². The molecule has 10 heteroatoms. The van der Waals surface area contributed by atoms with Crippen molar-refractivity contribution in [1.82, 2.24) is 24.7 Å². The van der Waals surface area contributed by atoms with Crippen molar-refractivity contribution < 1.29 is 0 Å². The van der Waals surface area contributed by atoms with Gasteiger partial charge < -0.3 is 10.2 Å². The van der Waals surface area contributed by atoms with Crippen LogP contribution in [0.25, 0.3) is 5.95 Å². The Kier molecular flexibility index (Phi) is 5.61. The number of rotatable bonds is 5. The van der Waals surface area contributed by atoms with Crippen molar-refractivity contribution in [3.05, 3.63) is 41.9 Å². The van der Waals surface area contributed by atoms with E-state index in [1.165, 1.54) is 30.1 Å². The summed E-state index contributed by atoms with van der Waals surface area (Å²) >= 11 is 0. The second kappa shape index (κ2) is 8.65. The summed E-state index contributed by atoms with van der Waals surface area (Å²) in [6.07, 6.45) is 8.25. The van der Waals surface area contributed by atoms with Crippen LogP contribution in [-0.2, 0) is 0 Å². The van der Waals surface area contributed by atoms with Gasteiger partial charge in [0.1, 0.15) is 23.1 Å². The third-order valence-electron chi connectivity index (χ3n) is 4.94. The molecule has 1 N–H and O–H groups in total. The molecule has 0 bridgehead atoms. The molecule has 0 spiro atoms. The third-order valence-corrected chi connectivity index (χ3v) is 4.94. The summed E-state index contributed by atoms with van der Waals surface area (Å²) in [6, 6.07) is 5.82. The van der Waals surface area contributed by atoms with Gasteiger partial charge in [0, 0.05) is 32.5 Å². The number of aryl methyl sites for hydroxylation is 1. The van der Waals surface area contributed by atoms with Crippen molar-refractivity contribution in [2.24, 2.45) is 10.2 Å². The number of piperidine rings is 1. The normalized spacial score (nSPS) is 14.1. The van der Waals surface area contributed by atoms with Crippen molar-refractivity contribution in [2.75, 3.05) is 30.4 Å². The standard InChI is InChI=1S/C20H22N10/c1-14-11-16(29-9-4-3-5-10-29)26-18(22-2)17(14)27-28-19-15(12-21)13-25-30(19)20-23-7-6-8-24-20/h6-8,11,13H,3-5,9-10H2,1-2H3,(H,22,26). The van der Waals surface area contributed by atoms with Crippen LogP contribution in [0.3, 0.4) is 0 Å². The number of hydrogen-bond donors (Lipinski definition) is 1. The number of nitrogens with zero attached hydrogens (tertiary/aromatic N) is 9. The lowest BCUT2D eigenvalue weighted by Gasteiger charge is -2.28. The molecular formula is C20H22N10. The van der Waals surface area contributed by atoms with Crippen molar-refractivity contribution in [1.29, 1.82) is 5.26 Å². The second-order valence-corrected chi connectivity index (χ2v) is 6.95. The molecule has 4 rings (SSSR count). The van der Waals surface area contributed by atoms with E-state index in [-0.39, 0.29) is 11.4 Å². The minimum atomic E-state index is 0.269. The van der Waals surface area contributed by atoms with Crippen molar-refractivity contribution in [3.8, 4) is 12.0 Å². The predicted octanol–water partition coefficient (Wildman–Crippen LogP) is 3.68. The Morgan fingerprint density at radius 2 is 1.90 bits per heavy atom. The molecule has 3 aromatic rings. The third kappa shape index (κ3) is 3.82. The van der Waals surface area contributed by atoms with Crippen LogP contribution in [0.2, 0.25) is 0 Å². The first-order valence-corrected chi connectivity index (χ1v) is 9.83. The highest BCUT2D eigenvalue weighted by Crippen LogP contribution is 2.33. The monoisotopic (exact) mass is 402 g/mol. The highest BCUT2D eigenvalue weighted by molar-refractivity contribution is 5.68. The maximum absolute atomic E-state index is 9.44. The van der Waals surface area contributed by atoms with E-state index in [2.05, 4.69) is 41.6 Å². The first kappa shape index (κ1) is 19.4. The van der Waals surface area contributed by atoms with E-state index >= 15 is 0 Å². The van der Waals surface area contributed by atoms with Crippen LogP contribution < -0.4 is 10.2 Å². The summed E-state index contributed by atoms with van der Waals surface area (Å²) in [5, 5.41) is 25.5. The zero-order valence-electron chi connectivity index (χ0n) is 16.9. The fourth-order valence-corrected chi connectivity index (χ4v) is 3.40. The van der Waals surface area contributed by atoms with Crippen LogP contribution in [0.4, 0.5) is 23.1 Å². The largest absolute Gasteiger partial charge is 0.371 e. The van der Waals surface area contributed by atoms with E-state index in [0.29, 0.717) is 17.5 Å². The Morgan fingerprint density at radius 1 is 1.13 bits per heavy atom. The van der Waals surface area contributed by atoms with Gasteiger partial charge in [-0.3, -0.25) is 0 Å². The second-order valence-electron chi connectivity index (χ2n) is 6.95. The van der Waals surface area contributed by atoms with E-state index in [0.717, 1.165) is 24.5 Å². The average Bonchev–Trinajstić information content (AvgIpc) is 3.22. The first-order valence-electron chi connectivity index (χ1n) is 9.83. The quantitative estimate of drug-likeness (QED) is 0.646. The van der Waals surface area contributed by atoms with Crippen molar-refractivity contribution in [3.63, 3.8) is 0 Å². The number of pyridine rings is 1. The molecule has 1 saturated heterocycles. The highest BCUT2D eigenvalue weighted by atomic mass is 15.4. The molecule has 10 nitrogen and oxygen atoms in total. The molecule has 4 heterocycles. The number of hydrogen-bond acceptors (Lipinski definition) is 9. The first-order chi connectivity index (χ1) is 14.7. The Morgan fingerprint density at radius 3 is 2.60 bits per heavy atom. The van der Waals surface area contributed by atoms with Gasteiger partial charge in [0.25, 0.3) is 5.95 Å². The molecule has 1 aliphatic heterocycles. The molecule has 0 saturated carbocycles. The Bertz CT molecular complexity index is 1090. The predicted molar refractivity (Wildman–Crippen MR) is 113 cm³/mol. The van der Waals surface area contributed by atoms with Crippen LogP contribution in [0.1, 0.15) is 30.4 Å². The van der Waals surface area contributed by atoms with Gasteiger partial charge >= 0.3 is 0 Å². The summed E-state index contributed by atoms with van der Waals surface area (Å²) in [5.41, 5.74) is 1.84. The maximum atomic E-state index is 9.44. The molecule has 0 atom stereocenters. The Hall–Kier alpha value is -3.87. The van der Waals surface area contributed by atoms with Crippen molar-refractivity contribution in [2.45, 2.75) is 26.2 Å². The summed E-state index contributed by atoms with van der Waals surface area (Å²) in [5.74, 6) is 2.16. The van der Waals surface area contributed by atoms with E-state index in [1.807, 2.05) is 20.0 Å². The van der Waals surface area contributed by atoms with Crippen LogP contribution in [0.5, 0.6) is 0 Å². The number of anilines is 2. The van der Waals surface area contributed by atoms with Gasteiger partial charge in [-0.05, 0) is 43.9 Å². The lowest BCUT2D eigenvalue weighted by Crippen LogP contribution is -2.30. The minimum Gasteiger partial charge on any atom is -0.371 e. The number of aromatic nitrogens is 5. The van der Waals surface area contributed by atoms with Gasteiger partial charge in [-0.25, -0.2) is 15.0 Å². The topological polar surface area (TPSA) is 120 Å². The van der Waals surface area contributed by atoms with Crippen LogP contribution in [0, 0.1) is 18.3 Å². The van der Waals surface area contributed by atoms with E-state index in [9.17, 15) is 5.26 Å². The van der Waals surface area contributed by atoms with Gasteiger partial charge in [-0.2, -0.15) is 15.0 Å². The summed E-state index contributed by atoms with van der Waals surface area (Å²) < 4.78 is 1.39. The average molecular weight is 402 g/mol. The van der Waals surface area contributed by atoms with E-state index in [4.69, 9.17) is 4.98 Å². The van der Waals surface area contributed by atoms with E-state index < -0.39 is 0 Å². The molecule has 30 heavy (non-hydrogen) atoms. The van der Waals surface area contributed by atoms with Crippen LogP contribution in [-0.4, -0.2) is 44.9 Å². The molecule has 0 aromatic carbocycles. The molecular weight excluding hydrogens is 380 g/mol. The Balaban J connectivity index is 1.71. The molecule has 152 valence electrons. The zero-order valence-corrected chi connectivity index (χ0v) is 16.9. The molecule has 1 fully saturated rings. The molecule has 0 aliphatic carbocycles. The fraction of sp³-hybridized carbons (Fsp3) is 0.350. The highest BCUT2D eigenvalue weighted by Gasteiger charge is 2.17. The molecule has 0 radical (unpaired) electrons. The number of nitriles is 1. The van der Waals surface area contributed by atoms with Gasteiger partial charge in [-0.15, -0.1) is 10.2 Å². The molecule has 1 aliphatic rings. The number of nitrogens with one attached hydrogen (secondary N) is 1. The Labute approximate surface area is 174 Å². The lowest BCUT2D eigenvalue weighted by atomic mass is 10.1. The molecule has 0 amide bonds. The summed E-state index contributed by atoms with van der Waals surface area (Å²) in [7, 11) is 1.81. The van der Waals surface area contributed by atoms with Gasteiger partial charge in [0.15, 0.2) is 11.6 Å². The van der Waals surface area contributed by atoms with Crippen molar-refractivity contribution >= 4 is 23.1 Å². The van der Waals surface area contributed by atoms with Gasteiger partial charge in [-0.1, -0.05) is 0 Å². The maximum Gasteiger partial charge on any atom is 0.252 e. The summed E-state index contributed by atoms with van der Waals surface area (Å²) in [6.45, 7) is 4.00. The molecule has 3 aromatic heterocycles.